The molecular weight excluding hydrogens is 259 g/mol. The van der Waals surface area contributed by atoms with Gasteiger partial charge in [-0.2, -0.15) is 0 Å². The van der Waals surface area contributed by atoms with Crippen LogP contribution < -0.4 is 10.5 Å². The van der Waals surface area contributed by atoms with Crippen LogP contribution in [-0.4, -0.2) is 20.1 Å². The predicted octanol–water partition coefficient (Wildman–Crippen LogP) is 2.65. The van der Waals surface area contributed by atoms with Crippen molar-refractivity contribution < 1.29 is 22.6 Å². The Kier molecular flexibility index (Phi) is 6.30. The van der Waals surface area contributed by atoms with Gasteiger partial charge in [-0.15, -0.1) is 25.6 Å². The molecule has 0 saturated carbocycles. The third-order valence-corrected chi connectivity index (χ3v) is 1.87. The van der Waals surface area contributed by atoms with Crippen LogP contribution in [0.25, 0.3) is 0 Å². The number of alkyl halides is 3. The molecule has 0 aliphatic rings. The van der Waals surface area contributed by atoms with Crippen LogP contribution in [0.2, 0.25) is 0 Å². The molecule has 0 aliphatic heterocycles. The Morgan fingerprint density at radius 1 is 1.35 bits per heavy atom. The van der Waals surface area contributed by atoms with Crippen molar-refractivity contribution in [3.8, 4) is 5.75 Å². The highest BCUT2D eigenvalue weighted by atomic mass is 35.5. The van der Waals surface area contributed by atoms with E-state index in [9.17, 15) is 13.2 Å². The van der Waals surface area contributed by atoms with Crippen LogP contribution in [0, 0.1) is 0 Å². The van der Waals surface area contributed by atoms with Gasteiger partial charge in [-0.25, -0.2) is 0 Å². The van der Waals surface area contributed by atoms with Crippen molar-refractivity contribution in [1.82, 2.24) is 0 Å². The molecule has 7 heteroatoms. The summed E-state index contributed by atoms with van der Waals surface area (Å²) in [6, 6.07) is 5.06. The van der Waals surface area contributed by atoms with Gasteiger partial charge in [-0.1, -0.05) is 12.1 Å². The van der Waals surface area contributed by atoms with Crippen LogP contribution in [0.4, 0.5) is 13.2 Å². The molecule has 0 aromatic heterocycles. The Balaban J connectivity index is 0.00000256. The predicted molar refractivity (Wildman–Crippen MR) is 59.2 cm³/mol. The third-order valence-electron chi connectivity index (χ3n) is 1.87. The Morgan fingerprint density at radius 3 is 2.53 bits per heavy atom. The molecule has 17 heavy (non-hydrogen) atoms. The van der Waals surface area contributed by atoms with Gasteiger partial charge in [0.25, 0.3) is 0 Å². The summed E-state index contributed by atoms with van der Waals surface area (Å²) >= 11 is 0. The van der Waals surface area contributed by atoms with Crippen LogP contribution >= 0.6 is 12.4 Å². The number of hydrogen-bond acceptors (Lipinski definition) is 3. The largest absolute Gasteiger partial charge is 0.573 e. The fourth-order valence-corrected chi connectivity index (χ4v) is 1.22. The molecule has 0 saturated heterocycles. The molecule has 1 atom stereocenters. The Morgan fingerprint density at radius 2 is 2.00 bits per heavy atom. The Labute approximate surface area is 103 Å². The molecule has 1 rings (SSSR count). The summed E-state index contributed by atoms with van der Waals surface area (Å²) in [7, 11) is 1.47. The molecule has 2 N–H and O–H groups in total. The van der Waals surface area contributed by atoms with E-state index in [4.69, 9.17) is 10.5 Å². The molecule has 0 fully saturated rings. The minimum atomic E-state index is -4.69. The van der Waals surface area contributed by atoms with E-state index < -0.39 is 12.4 Å². The van der Waals surface area contributed by atoms with Crippen molar-refractivity contribution >= 4 is 12.4 Å². The van der Waals surface area contributed by atoms with Crippen molar-refractivity contribution in [2.75, 3.05) is 13.7 Å². The zero-order chi connectivity index (χ0) is 12.2. The molecule has 1 unspecified atom stereocenters. The lowest BCUT2D eigenvalue weighted by molar-refractivity contribution is -0.274. The molecule has 0 amide bonds. The van der Waals surface area contributed by atoms with Gasteiger partial charge in [0, 0.05) is 7.11 Å². The number of rotatable bonds is 4. The summed E-state index contributed by atoms with van der Waals surface area (Å²) in [4.78, 5) is 0. The second-order valence-electron chi connectivity index (χ2n) is 3.18. The molecule has 0 spiro atoms. The van der Waals surface area contributed by atoms with Gasteiger partial charge in [0.05, 0.1) is 12.6 Å². The van der Waals surface area contributed by atoms with Gasteiger partial charge in [0.2, 0.25) is 0 Å². The number of halogens is 4. The molecule has 0 bridgehead atoms. The topological polar surface area (TPSA) is 44.5 Å². The van der Waals surface area contributed by atoms with Gasteiger partial charge < -0.3 is 15.2 Å². The molecule has 1 aromatic rings. The van der Waals surface area contributed by atoms with Crippen molar-refractivity contribution in [3.63, 3.8) is 0 Å². The number of nitrogens with two attached hydrogens (primary N) is 1. The summed E-state index contributed by atoms with van der Waals surface area (Å²) in [6.45, 7) is 0.232. The van der Waals surface area contributed by atoms with Crippen molar-refractivity contribution in [3.05, 3.63) is 29.8 Å². The lowest BCUT2D eigenvalue weighted by atomic mass is 10.1. The quantitative estimate of drug-likeness (QED) is 0.916. The zero-order valence-corrected chi connectivity index (χ0v) is 9.85. The Hall–Kier alpha value is -0.980. The smallest absolute Gasteiger partial charge is 0.406 e. The maximum atomic E-state index is 11.9. The molecule has 0 radical (unpaired) electrons. The summed E-state index contributed by atoms with van der Waals surface area (Å²) in [6.07, 6.45) is -4.69. The molecular formula is C10H13ClF3NO2. The molecule has 98 valence electrons. The first kappa shape index (κ1) is 16.0. The van der Waals surface area contributed by atoms with Gasteiger partial charge >= 0.3 is 6.36 Å². The van der Waals surface area contributed by atoms with E-state index >= 15 is 0 Å². The van der Waals surface area contributed by atoms with Crippen molar-refractivity contribution in [1.29, 1.82) is 0 Å². The monoisotopic (exact) mass is 271 g/mol. The lowest BCUT2D eigenvalue weighted by Gasteiger charge is -2.13. The number of methoxy groups -OCH3 is 1. The summed E-state index contributed by atoms with van der Waals surface area (Å²) in [5.74, 6) is -0.281. The van der Waals surface area contributed by atoms with Gasteiger partial charge in [0.1, 0.15) is 5.75 Å². The van der Waals surface area contributed by atoms with Crippen LogP contribution in [0.15, 0.2) is 24.3 Å². The molecule has 0 aliphatic carbocycles. The maximum absolute atomic E-state index is 11.9. The summed E-state index contributed by atoms with van der Waals surface area (Å²) in [5.41, 5.74) is 6.21. The normalized spacial score (nSPS) is 12.8. The van der Waals surface area contributed by atoms with Gasteiger partial charge in [-0.3, -0.25) is 0 Å². The van der Waals surface area contributed by atoms with E-state index in [1.54, 1.807) is 6.07 Å². The average Bonchev–Trinajstić information content (AvgIpc) is 2.16. The van der Waals surface area contributed by atoms with E-state index in [0.29, 0.717) is 5.56 Å². The van der Waals surface area contributed by atoms with E-state index in [2.05, 4.69) is 4.74 Å². The first-order chi connectivity index (χ1) is 7.42. The van der Waals surface area contributed by atoms with Gasteiger partial charge in [0.15, 0.2) is 0 Å². The number of hydrogen-bond donors (Lipinski definition) is 1. The van der Waals surface area contributed by atoms with Crippen molar-refractivity contribution in [2.24, 2.45) is 5.73 Å². The van der Waals surface area contributed by atoms with E-state index in [1.807, 2.05) is 0 Å². The first-order valence-corrected chi connectivity index (χ1v) is 4.52. The molecule has 3 nitrogen and oxygen atoms in total. The highest BCUT2D eigenvalue weighted by Crippen LogP contribution is 2.24. The fourth-order valence-electron chi connectivity index (χ4n) is 1.22. The fraction of sp³-hybridized carbons (Fsp3) is 0.400. The highest BCUT2D eigenvalue weighted by Gasteiger charge is 2.31. The van der Waals surface area contributed by atoms with Gasteiger partial charge in [-0.05, 0) is 17.7 Å². The second-order valence-corrected chi connectivity index (χ2v) is 3.18. The van der Waals surface area contributed by atoms with Crippen LogP contribution in [-0.2, 0) is 4.74 Å². The van der Waals surface area contributed by atoms with E-state index in [0.717, 1.165) is 0 Å². The minimum Gasteiger partial charge on any atom is -0.406 e. The van der Waals surface area contributed by atoms with E-state index in [-0.39, 0.29) is 24.8 Å². The minimum absolute atomic E-state index is 0. The summed E-state index contributed by atoms with van der Waals surface area (Å²) in [5, 5.41) is 0. The molecule has 1 aromatic carbocycles. The van der Waals surface area contributed by atoms with Crippen LogP contribution in [0.5, 0.6) is 5.75 Å². The average molecular weight is 272 g/mol. The van der Waals surface area contributed by atoms with Crippen LogP contribution in [0.1, 0.15) is 11.6 Å². The highest BCUT2D eigenvalue weighted by molar-refractivity contribution is 5.85. The lowest BCUT2D eigenvalue weighted by Crippen LogP contribution is -2.19. The number of ether oxygens (including phenoxy) is 2. The molecule has 0 heterocycles. The maximum Gasteiger partial charge on any atom is 0.573 e. The third kappa shape index (κ3) is 5.76. The van der Waals surface area contributed by atoms with E-state index in [1.165, 1.54) is 25.3 Å². The van der Waals surface area contributed by atoms with Crippen LogP contribution in [0.3, 0.4) is 0 Å². The summed E-state index contributed by atoms with van der Waals surface area (Å²) < 4.78 is 44.4. The van der Waals surface area contributed by atoms with Crippen molar-refractivity contribution in [2.45, 2.75) is 12.4 Å². The Bertz CT molecular complexity index is 347. The SMILES string of the molecule is COCC(N)c1cccc(OC(F)(F)F)c1.Cl. The second kappa shape index (κ2) is 6.68. The number of benzene rings is 1. The standard InChI is InChI=1S/C10H12F3NO2.ClH/c1-15-6-9(14)7-3-2-4-8(5-7)16-10(11,12)13;/h2-5,9H,6,14H2,1H3;1H. The first-order valence-electron chi connectivity index (χ1n) is 4.52. The zero-order valence-electron chi connectivity index (χ0n) is 9.03.